The first-order valence-electron chi connectivity index (χ1n) is 8.42. The minimum absolute atomic E-state index is 0.0473. The van der Waals surface area contributed by atoms with Crippen molar-refractivity contribution in [2.24, 2.45) is 0 Å². The summed E-state index contributed by atoms with van der Waals surface area (Å²) < 4.78 is 5.86. The van der Waals surface area contributed by atoms with Crippen LogP contribution in [-0.4, -0.2) is 71.1 Å². The SMILES string of the molecule is Cc1ncc(C(=O)N2CC[C@@H]3OCCN(C)[C@H]3C2)c(C(C)C)n1. The standard InChI is InChI=1S/C17H26N4O2/c1-11(2)16-13(9-18-12(3)19-16)17(22)21-6-5-15-14(10-21)20(4)7-8-23-15/h9,11,14-15H,5-8,10H2,1-4H3/t14-,15-/m0/s1. The number of piperidine rings is 1. The third-order valence-corrected chi connectivity index (χ3v) is 4.87. The smallest absolute Gasteiger partial charge is 0.257 e. The summed E-state index contributed by atoms with van der Waals surface area (Å²) in [5.74, 6) is 0.962. The van der Waals surface area contributed by atoms with Crippen molar-refractivity contribution in [3.05, 3.63) is 23.3 Å². The fraction of sp³-hybridized carbons (Fsp3) is 0.706. The van der Waals surface area contributed by atoms with Gasteiger partial charge in [-0.15, -0.1) is 0 Å². The van der Waals surface area contributed by atoms with Gasteiger partial charge in [0.05, 0.1) is 30.0 Å². The van der Waals surface area contributed by atoms with Crippen molar-refractivity contribution in [2.45, 2.75) is 45.3 Å². The van der Waals surface area contributed by atoms with Crippen molar-refractivity contribution < 1.29 is 9.53 Å². The van der Waals surface area contributed by atoms with Crippen LogP contribution in [0.25, 0.3) is 0 Å². The van der Waals surface area contributed by atoms with E-state index in [9.17, 15) is 4.79 Å². The lowest BCUT2D eigenvalue weighted by atomic mass is 9.97. The van der Waals surface area contributed by atoms with Crippen LogP contribution in [0.2, 0.25) is 0 Å². The third-order valence-electron chi connectivity index (χ3n) is 4.87. The van der Waals surface area contributed by atoms with E-state index >= 15 is 0 Å². The Balaban J connectivity index is 1.81. The molecular weight excluding hydrogens is 292 g/mol. The summed E-state index contributed by atoms with van der Waals surface area (Å²) in [6.45, 7) is 9.15. The Labute approximate surface area is 137 Å². The molecule has 2 aliphatic heterocycles. The number of nitrogens with zero attached hydrogens (tertiary/aromatic N) is 4. The molecule has 2 fully saturated rings. The van der Waals surface area contributed by atoms with Gasteiger partial charge in [0.2, 0.25) is 0 Å². The number of aromatic nitrogens is 2. The molecule has 23 heavy (non-hydrogen) atoms. The number of likely N-dealkylation sites (tertiary alicyclic amines) is 1. The Morgan fingerprint density at radius 2 is 2.17 bits per heavy atom. The van der Waals surface area contributed by atoms with E-state index in [1.54, 1.807) is 6.20 Å². The van der Waals surface area contributed by atoms with Crippen LogP contribution in [0.1, 0.15) is 48.1 Å². The van der Waals surface area contributed by atoms with Crippen LogP contribution in [0.15, 0.2) is 6.20 Å². The molecular formula is C17H26N4O2. The number of rotatable bonds is 2. The van der Waals surface area contributed by atoms with E-state index in [-0.39, 0.29) is 24.0 Å². The Morgan fingerprint density at radius 3 is 2.91 bits per heavy atom. The molecule has 2 aliphatic rings. The van der Waals surface area contributed by atoms with Gasteiger partial charge in [-0.25, -0.2) is 9.97 Å². The number of hydrogen-bond donors (Lipinski definition) is 0. The second-order valence-corrected chi connectivity index (χ2v) is 6.87. The fourth-order valence-electron chi connectivity index (χ4n) is 3.49. The molecule has 6 heteroatoms. The van der Waals surface area contributed by atoms with Gasteiger partial charge in [-0.3, -0.25) is 9.69 Å². The summed E-state index contributed by atoms with van der Waals surface area (Å²) >= 11 is 0. The van der Waals surface area contributed by atoms with Gasteiger partial charge < -0.3 is 9.64 Å². The predicted molar refractivity (Wildman–Crippen MR) is 87.5 cm³/mol. The van der Waals surface area contributed by atoms with E-state index in [0.29, 0.717) is 17.9 Å². The average Bonchev–Trinajstić information content (AvgIpc) is 2.54. The minimum atomic E-state index is 0.0473. The van der Waals surface area contributed by atoms with Gasteiger partial charge in [-0.1, -0.05) is 13.8 Å². The molecule has 1 aromatic heterocycles. The molecule has 0 bridgehead atoms. The van der Waals surface area contributed by atoms with E-state index in [4.69, 9.17) is 4.74 Å². The van der Waals surface area contributed by atoms with Gasteiger partial charge in [-0.2, -0.15) is 0 Å². The van der Waals surface area contributed by atoms with Gasteiger partial charge in [-0.05, 0) is 26.3 Å². The maximum absolute atomic E-state index is 13.0. The van der Waals surface area contributed by atoms with Crippen molar-refractivity contribution in [1.29, 1.82) is 0 Å². The fourth-order valence-corrected chi connectivity index (χ4v) is 3.49. The van der Waals surface area contributed by atoms with Crippen LogP contribution in [-0.2, 0) is 4.74 Å². The lowest BCUT2D eigenvalue weighted by molar-refractivity contribution is -0.0893. The molecule has 0 unspecified atom stereocenters. The number of aryl methyl sites for hydroxylation is 1. The normalized spacial score (nSPS) is 25.5. The molecule has 126 valence electrons. The summed E-state index contributed by atoms with van der Waals surface area (Å²) in [4.78, 5) is 26.0. The topological polar surface area (TPSA) is 58.6 Å². The highest BCUT2D eigenvalue weighted by Gasteiger charge is 2.37. The Hall–Kier alpha value is -1.53. The maximum atomic E-state index is 13.0. The molecule has 0 radical (unpaired) electrons. The lowest BCUT2D eigenvalue weighted by Gasteiger charge is -2.45. The molecule has 0 spiro atoms. The second-order valence-electron chi connectivity index (χ2n) is 6.87. The summed E-state index contributed by atoms with van der Waals surface area (Å²) in [7, 11) is 2.11. The largest absolute Gasteiger partial charge is 0.375 e. The van der Waals surface area contributed by atoms with Gasteiger partial charge in [0.1, 0.15) is 5.82 Å². The molecule has 0 aromatic carbocycles. The van der Waals surface area contributed by atoms with Crippen LogP contribution in [0.3, 0.4) is 0 Å². The highest BCUT2D eigenvalue weighted by molar-refractivity contribution is 5.95. The number of hydrogen-bond acceptors (Lipinski definition) is 5. The van der Waals surface area contributed by atoms with Crippen molar-refractivity contribution >= 4 is 5.91 Å². The van der Waals surface area contributed by atoms with Crippen molar-refractivity contribution in [2.75, 3.05) is 33.3 Å². The van der Waals surface area contributed by atoms with Crippen molar-refractivity contribution in [3.8, 4) is 0 Å². The van der Waals surface area contributed by atoms with Gasteiger partial charge >= 0.3 is 0 Å². The number of fused-ring (bicyclic) bond motifs is 1. The summed E-state index contributed by atoms with van der Waals surface area (Å²) in [6, 6.07) is 0.287. The molecule has 3 rings (SSSR count). The minimum Gasteiger partial charge on any atom is -0.375 e. The zero-order chi connectivity index (χ0) is 16.6. The summed E-state index contributed by atoms with van der Waals surface area (Å²) in [5, 5.41) is 0. The maximum Gasteiger partial charge on any atom is 0.257 e. The zero-order valence-electron chi connectivity index (χ0n) is 14.5. The Kier molecular flexibility index (Phi) is 4.64. The average molecular weight is 318 g/mol. The zero-order valence-corrected chi connectivity index (χ0v) is 14.5. The molecule has 6 nitrogen and oxygen atoms in total. The Bertz CT molecular complexity index is 590. The molecule has 0 aliphatic carbocycles. The van der Waals surface area contributed by atoms with E-state index in [1.165, 1.54) is 0 Å². The van der Waals surface area contributed by atoms with Crippen molar-refractivity contribution in [3.63, 3.8) is 0 Å². The number of amides is 1. The second kappa shape index (κ2) is 6.53. The van der Waals surface area contributed by atoms with Crippen LogP contribution >= 0.6 is 0 Å². The van der Waals surface area contributed by atoms with E-state index < -0.39 is 0 Å². The van der Waals surface area contributed by atoms with Crippen LogP contribution < -0.4 is 0 Å². The number of carbonyl (C=O) groups excluding carboxylic acids is 1. The summed E-state index contributed by atoms with van der Waals surface area (Å²) in [5.41, 5.74) is 1.49. The Morgan fingerprint density at radius 1 is 1.39 bits per heavy atom. The lowest BCUT2D eigenvalue weighted by Crippen LogP contribution is -2.59. The van der Waals surface area contributed by atoms with Crippen molar-refractivity contribution in [1.82, 2.24) is 19.8 Å². The third kappa shape index (κ3) is 3.23. The number of carbonyl (C=O) groups is 1. The van der Waals surface area contributed by atoms with E-state index in [1.807, 2.05) is 11.8 Å². The monoisotopic (exact) mass is 318 g/mol. The first-order chi connectivity index (χ1) is 11.0. The number of ether oxygens (including phenoxy) is 1. The van der Waals surface area contributed by atoms with Gasteiger partial charge in [0.15, 0.2) is 0 Å². The van der Waals surface area contributed by atoms with Gasteiger partial charge in [0, 0.05) is 25.8 Å². The molecule has 2 saturated heterocycles. The first kappa shape index (κ1) is 16.3. The highest BCUT2D eigenvalue weighted by atomic mass is 16.5. The van der Waals surface area contributed by atoms with Gasteiger partial charge in [0.25, 0.3) is 5.91 Å². The van der Waals surface area contributed by atoms with E-state index in [0.717, 1.165) is 31.8 Å². The molecule has 0 N–H and O–H groups in total. The quantitative estimate of drug-likeness (QED) is 0.826. The van der Waals surface area contributed by atoms with Crippen LogP contribution in [0, 0.1) is 6.92 Å². The highest BCUT2D eigenvalue weighted by Crippen LogP contribution is 2.25. The van der Waals surface area contributed by atoms with Crippen LogP contribution in [0.4, 0.5) is 0 Å². The molecule has 1 aromatic rings. The van der Waals surface area contributed by atoms with E-state index in [2.05, 4.69) is 35.8 Å². The van der Waals surface area contributed by atoms with Crippen LogP contribution in [0.5, 0.6) is 0 Å². The first-order valence-corrected chi connectivity index (χ1v) is 8.42. The molecule has 0 saturated carbocycles. The molecule has 3 heterocycles. The molecule has 1 amide bonds. The summed E-state index contributed by atoms with van der Waals surface area (Å²) in [6.07, 6.45) is 2.83. The molecule has 2 atom stereocenters. The number of likely N-dealkylation sites (N-methyl/N-ethyl adjacent to an activating group) is 1. The number of morpholine rings is 1. The predicted octanol–water partition coefficient (Wildman–Crippen LogP) is 1.45.